The lowest BCUT2D eigenvalue weighted by molar-refractivity contribution is -0.136. The number of halogens is 2. The SMILES string of the molecule is Cc1cccc(C(O)C(C)(C)COc2ccc(C(C)C)cc2Oc2c(Br)cc(CC(=O)O)cc2Br)c1. The van der Waals surface area contributed by atoms with Crippen molar-refractivity contribution in [3.63, 3.8) is 0 Å². The van der Waals surface area contributed by atoms with E-state index >= 15 is 0 Å². The number of carboxylic acids is 1. The predicted octanol–water partition coefficient (Wildman–Crippen LogP) is 8.20. The summed E-state index contributed by atoms with van der Waals surface area (Å²) in [6, 6.07) is 17.2. The van der Waals surface area contributed by atoms with Gasteiger partial charge in [-0.25, -0.2) is 0 Å². The molecule has 7 heteroatoms. The zero-order valence-corrected chi connectivity index (χ0v) is 24.3. The highest BCUT2D eigenvalue weighted by atomic mass is 79.9. The molecule has 36 heavy (non-hydrogen) atoms. The molecule has 0 fully saturated rings. The number of hydrogen-bond acceptors (Lipinski definition) is 4. The number of aliphatic hydroxyl groups excluding tert-OH is 1. The van der Waals surface area contributed by atoms with Crippen molar-refractivity contribution in [2.24, 2.45) is 5.41 Å². The Kier molecular flexibility index (Phi) is 9.25. The summed E-state index contributed by atoms with van der Waals surface area (Å²) >= 11 is 7.03. The van der Waals surface area contributed by atoms with E-state index in [-0.39, 0.29) is 18.9 Å². The minimum absolute atomic E-state index is 0.0903. The highest BCUT2D eigenvalue weighted by Gasteiger charge is 2.31. The molecule has 0 aliphatic rings. The Balaban J connectivity index is 1.89. The Hall–Kier alpha value is -2.35. The van der Waals surface area contributed by atoms with Gasteiger partial charge in [-0.15, -0.1) is 0 Å². The summed E-state index contributed by atoms with van der Waals surface area (Å²) < 4.78 is 13.8. The maximum atomic E-state index is 11.1. The molecule has 0 heterocycles. The van der Waals surface area contributed by atoms with Crippen molar-refractivity contribution < 1.29 is 24.5 Å². The van der Waals surface area contributed by atoms with Gasteiger partial charge in [0.25, 0.3) is 0 Å². The summed E-state index contributed by atoms with van der Waals surface area (Å²) in [6.45, 7) is 10.4. The monoisotopic (exact) mass is 618 g/mol. The van der Waals surface area contributed by atoms with E-state index in [4.69, 9.17) is 14.6 Å². The molecule has 0 saturated heterocycles. The number of ether oxygens (including phenoxy) is 2. The van der Waals surface area contributed by atoms with Crippen LogP contribution in [0, 0.1) is 12.3 Å². The zero-order valence-electron chi connectivity index (χ0n) is 21.1. The topological polar surface area (TPSA) is 76.0 Å². The van der Waals surface area contributed by atoms with Crippen molar-refractivity contribution >= 4 is 37.8 Å². The van der Waals surface area contributed by atoms with Gasteiger partial charge in [0.05, 0.1) is 28.1 Å². The van der Waals surface area contributed by atoms with Crippen LogP contribution in [0.1, 0.15) is 62.0 Å². The van der Waals surface area contributed by atoms with Crippen LogP contribution in [0.5, 0.6) is 17.2 Å². The van der Waals surface area contributed by atoms with E-state index in [1.54, 1.807) is 12.1 Å². The molecule has 0 radical (unpaired) electrons. The molecule has 2 N–H and O–H groups in total. The third-order valence-corrected chi connectivity index (χ3v) is 7.14. The summed E-state index contributed by atoms with van der Waals surface area (Å²) in [7, 11) is 0. The van der Waals surface area contributed by atoms with Crippen LogP contribution in [0.25, 0.3) is 0 Å². The molecule has 0 aliphatic carbocycles. The average molecular weight is 620 g/mol. The van der Waals surface area contributed by atoms with E-state index in [2.05, 4.69) is 45.7 Å². The zero-order chi connectivity index (χ0) is 26.6. The second kappa shape index (κ2) is 11.8. The fourth-order valence-corrected chi connectivity index (χ4v) is 5.26. The standard InChI is InChI=1S/C29H32Br2O5/c1-17(2)20-9-10-24(35-16-29(4,5)28(34)21-8-6-7-18(3)11-21)25(15-20)36-27-22(30)12-19(13-23(27)31)14-26(32)33/h6-13,15,17,28,34H,14,16H2,1-5H3,(H,32,33). The summed E-state index contributed by atoms with van der Waals surface area (Å²) in [4.78, 5) is 11.1. The molecule has 3 aromatic carbocycles. The predicted molar refractivity (Wildman–Crippen MR) is 149 cm³/mol. The first kappa shape index (κ1) is 28.2. The molecule has 1 atom stereocenters. The van der Waals surface area contributed by atoms with E-state index in [0.29, 0.717) is 31.8 Å². The van der Waals surface area contributed by atoms with Crippen LogP contribution in [0.3, 0.4) is 0 Å². The largest absolute Gasteiger partial charge is 0.489 e. The number of aliphatic hydroxyl groups is 1. The number of rotatable bonds is 10. The highest BCUT2D eigenvalue weighted by molar-refractivity contribution is 9.11. The van der Waals surface area contributed by atoms with Crippen LogP contribution in [0.4, 0.5) is 0 Å². The smallest absolute Gasteiger partial charge is 0.307 e. The van der Waals surface area contributed by atoms with Gasteiger partial charge in [-0.2, -0.15) is 0 Å². The maximum Gasteiger partial charge on any atom is 0.307 e. The molecule has 1 unspecified atom stereocenters. The minimum atomic E-state index is -0.904. The number of benzene rings is 3. The van der Waals surface area contributed by atoms with Crippen LogP contribution in [0.2, 0.25) is 0 Å². The van der Waals surface area contributed by atoms with Gasteiger partial charge < -0.3 is 19.7 Å². The Morgan fingerprint density at radius 3 is 2.22 bits per heavy atom. The lowest BCUT2D eigenvalue weighted by Gasteiger charge is -2.31. The summed E-state index contributed by atoms with van der Waals surface area (Å²) in [5, 5.41) is 20.2. The van der Waals surface area contributed by atoms with E-state index in [0.717, 1.165) is 16.7 Å². The molecule has 5 nitrogen and oxygen atoms in total. The van der Waals surface area contributed by atoms with E-state index in [1.807, 2.05) is 63.2 Å². The lowest BCUT2D eigenvalue weighted by atomic mass is 9.83. The number of carbonyl (C=O) groups is 1. The summed E-state index contributed by atoms with van der Waals surface area (Å²) in [6.07, 6.45) is -0.797. The van der Waals surface area contributed by atoms with Crippen molar-refractivity contribution in [3.8, 4) is 17.2 Å². The molecular weight excluding hydrogens is 588 g/mol. The van der Waals surface area contributed by atoms with Crippen LogP contribution in [-0.2, 0) is 11.2 Å². The molecule has 0 amide bonds. The molecule has 3 aromatic rings. The van der Waals surface area contributed by atoms with E-state index in [9.17, 15) is 9.90 Å². The molecule has 0 bridgehead atoms. The van der Waals surface area contributed by atoms with Gasteiger partial charge in [-0.1, -0.05) is 63.6 Å². The highest BCUT2D eigenvalue weighted by Crippen LogP contribution is 2.43. The van der Waals surface area contributed by atoms with Gasteiger partial charge in [0, 0.05) is 5.41 Å². The van der Waals surface area contributed by atoms with Gasteiger partial charge >= 0.3 is 5.97 Å². The summed E-state index contributed by atoms with van der Waals surface area (Å²) in [5.74, 6) is 0.991. The quantitative estimate of drug-likeness (QED) is 0.239. The first-order valence-corrected chi connectivity index (χ1v) is 13.3. The third kappa shape index (κ3) is 7.11. The van der Waals surface area contributed by atoms with Gasteiger partial charge in [0.2, 0.25) is 0 Å². The van der Waals surface area contributed by atoms with Crippen LogP contribution in [-0.4, -0.2) is 22.8 Å². The Morgan fingerprint density at radius 1 is 0.972 bits per heavy atom. The minimum Gasteiger partial charge on any atom is -0.489 e. The Morgan fingerprint density at radius 2 is 1.64 bits per heavy atom. The number of hydrogen-bond donors (Lipinski definition) is 2. The Labute approximate surface area is 229 Å². The van der Waals surface area contributed by atoms with Crippen LogP contribution >= 0.6 is 31.9 Å². The number of aryl methyl sites for hydroxylation is 1. The van der Waals surface area contributed by atoms with Gasteiger partial charge in [-0.05, 0) is 85.7 Å². The van der Waals surface area contributed by atoms with Crippen LogP contribution in [0.15, 0.2) is 63.5 Å². The van der Waals surface area contributed by atoms with Gasteiger partial charge in [0.15, 0.2) is 17.2 Å². The van der Waals surface area contributed by atoms with Crippen molar-refractivity contribution in [2.45, 2.75) is 53.1 Å². The van der Waals surface area contributed by atoms with E-state index < -0.39 is 17.5 Å². The second-order valence-corrected chi connectivity index (χ2v) is 11.7. The van der Waals surface area contributed by atoms with Crippen molar-refractivity contribution in [1.29, 1.82) is 0 Å². The second-order valence-electron chi connectivity index (χ2n) is 10.0. The number of aliphatic carboxylic acids is 1. The van der Waals surface area contributed by atoms with Crippen molar-refractivity contribution in [3.05, 3.63) is 85.8 Å². The van der Waals surface area contributed by atoms with Crippen molar-refractivity contribution in [2.75, 3.05) is 6.61 Å². The average Bonchev–Trinajstić information content (AvgIpc) is 2.79. The number of carboxylic acid groups (broad SMARTS) is 1. The molecule has 0 aromatic heterocycles. The maximum absolute atomic E-state index is 11.1. The van der Waals surface area contributed by atoms with Crippen molar-refractivity contribution in [1.82, 2.24) is 0 Å². The molecular formula is C29H32Br2O5. The molecule has 0 aliphatic heterocycles. The molecule has 192 valence electrons. The Bertz CT molecular complexity index is 1210. The first-order valence-electron chi connectivity index (χ1n) is 11.8. The molecule has 0 spiro atoms. The van der Waals surface area contributed by atoms with Gasteiger partial charge in [-0.3, -0.25) is 4.79 Å². The van der Waals surface area contributed by atoms with Crippen LogP contribution < -0.4 is 9.47 Å². The molecule has 0 saturated carbocycles. The summed E-state index contributed by atoms with van der Waals surface area (Å²) in [5.41, 5.74) is 3.11. The van der Waals surface area contributed by atoms with E-state index in [1.165, 1.54) is 0 Å². The third-order valence-electron chi connectivity index (χ3n) is 5.96. The normalized spacial score (nSPS) is 12.5. The fraction of sp³-hybridized carbons (Fsp3) is 0.345. The van der Waals surface area contributed by atoms with Gasteiger partial charge in [0.1, 0.15) is 0 Å². The first-order chi connectivity index (χ1) is 16.9. The molecule has 3 rings (SSSR count). The fourth-order valence-electron chi connectivity index (χ4n) is 3.81. The lowest BCUT2D eigenvalue weighted by Crippen LogP contribution is -2.29.